The summed E-state index contributed by atoms with van der Waals surface area (Å²) in [5, 5.41) is 7.73. The van der Waals surface area contributed by atoms with Crippen molar-refractivity contribution in [2.45, 2.75) is 8.68 Å². The lowest BCUT2D eigenvalue weighted by Gasteiger charge is -1.88. The Kier molecular flexibility index (Phi) is 3.83. The van der Waals surface area contributed by atoms with E-state index in [1.54, 1.807) is 0 Å². The van der Waals surface area contributed by atoms with Crippen LogP contribution in [-0.2, 0) is 4.79 Å². The summed E-state index contributed by atoms with van der Waals surface area (Å²) < 4.78 is 1.69. The fourth-order valence-corrected chi connectivity index (χ4v) is 2.65. The van der Waals surface area contributed by atoms with Gasteiger partial charge in [0, 0.05) is 0 Å². The Morgan fingerprint density at radius 2 is 2.25 bits per heavy atom. The smallest absolute Gasteiger partial charge is 0.227 e. The van der Waals surface area contributed by atoms with Gasteiger partial charge in [-0.05, 0) is 6.26 Å². The second-order valence-corrected chi connectivity index (χ2v) is 5.05. The first kappa shape index (κ1) is 9.82. The molecule has 2 N–H and O–H groups in total. The fraction of sp³-hybridized carbons (Fsp3) is 0.400. The number of amides is 1. The standard InChI is InChI=1S/C5H7N3OS3/c1-10-4-7-8-5(12-4)11-2-3(6)9/h2H2,1H3,(H2,6,9). The van der Waals surface area contributed by atoms with E-state index >= 15 is 0 Å². The van der Waals surface area contributed by atoms with Gasteiger partial charge in [0.1, 0.15) is 0 Å². The van der Waals surface area contributed by atoms with E-state index in [1.165, 1.54) is 34.9 Å². The highest BCUT2D eigenvalue weighted by Crippen LogP contribution is 2.26. The van der Waals surface area contributed by atoms with Gasteiger partial charge in [-0.25, -0.2) is 0 Å². The number of carbonyl (C=O) groups excluding carboxylic acids is 1. The summed E-state index contributed by atoms with van der Waals surface area (Å²) in [4.78, 5) is 10.4. The number of thioether (sulfide) groups is 2. The maximum Gasteiger partial charge on any atom is 0.227 e. The molecule has 12 heavy (non-hydrogen) atoms. The summed E-state index contributed by atoms with van der Waals surface area (Å²) in [5.41, 5.74) is 4.97. The molecule has 0 saturated carbocycles. The lowest BCUT2D eigenvalue weighted by Crippen LogP contribution is -2.12. The normalized spacial score (nSPS) is 10.1. The second kappa shape index (κ2) is 4.68. The van der Waals surface area contributed by atoms with Crippen LogP contribution in [0.15, 0.2) is 8.68 Å². The molecule has 0 bridgehead atoms. The Morgan fingerprint density at radius 3 is 2.75 bits per heavy atom. The van der Waals surface area contributed by atoms with Crippen molar-refractivity contribution in [1.82, 2.24) is 10.2 Å². The molecule has 0 aromatic carbocycles. The second-order valence-electron chi connectivity index (χ2n) is 1.79. The third-order valence-electron chi connectivity index (χ3n) is 0.900. The number of rotatable bonds is 4. The highest BCUT2D eigenvalue weighted by Gasteiger charge is 2.04. The van der Waals surface area contributed by atoms with E-state index in [-0.39, 0.29) is 11.7 Å². The van der Waals surface area contributed by atoms with Crippen LogP contribution in [-0.4, -0.2) is 28.1 Å². The lowest BCUT2D eigenvalue weighted by molar-refractivity contribution is -0.115. The molecule has 0 spiro atoms. The number of nitrogens with zero attached hydrogens (tertiary/aromatic N) is 2. The van der Waals surface area contributed by atoms with E-state index in [0.29, 0.717) is 0 Å². The molecule has 0 aliphatic rings. The monoisotopic (exact) mass is 221 g/mol. The van der Waals surface area contributed by atoms with Gasteiger partial charge >= 0.3 is 0 Å². The van der Waals surface area contributed by atoms with E-state index in [2.05, 4.69) is 10.2 Å². The minimum absolute atomic E-state index is 0.267. The van der Waals surface area contributed by atoms with Crippen LogP contribution in [0.4, 0.5) is 0 Å². The van der Waals surface area contributed by atoms with E-state index < -0.39 is 0 Å². The summed E-state index contributed by atoms with van der Waals surface area (Å²) in [5.74, 6) is -0.0656. The highest BCUT2D eigenvalue weighted by molar-refractivity contribution is 8.03. The molecule has 0 aliphatic heterocycles. The van der Waals surface area contributed by atoms with Crippen LogP contribution in [0.1, 0.15) is 0 Å². The van der Waals surface area contributed by atoms with Crippen molar-refractivity contribution in [2.24, 2.45) is 5.73 Å². The molecule has 0 fully saturated rings. The zero-order valence-electron chi connectivity index (χ0n) is 6.31. The summed E-state index contributed by atoms with van der Waals surface area (Å²) in [6.07, 6.45) is 1.93. The molecule has 0 atom stereocenters. The van der Waals surface area contributed by atoms with Gasteiger partial charge in [0.05, 0.1) is 5.75 Å². The largest absolute Gasteiger partial charge is 0.369 e. The zero-order valence-corrected chi connectivity index (χ0v) is 8.76. The van der Waals surface area contributed by atoms with Crippen LogP contribution in [0.2, 0.25) is 0 Å². The first-order chi connectivity index (χ1) is 5.72. The van der Waals surface area contributed by atoms with Crippen LogP contribution in [0.5, 0.6) is 0 Å². The molecule has 7 heteroatoms. The minimum Gasteiger partial charge on any atom is -0.369 e. The Hall–Kier alpha value is -0.270. The summed E-state index contributed by atoms with van der Waals surface area (Å²) in [6, 6.07) is 0. The maximum absolute atomic E-state index is 10.4. The van der Waals surface area contributed by atoms with Crippen LogP contribution in [0.3, 0.4) is 0 Å². The third kappa shape index (κ3) is 3.00. The number of hydrogen-bond acceptors (Lipinski definition) is 6. The maximum atomic E-state index is 10.4. The van der Waals surface area contributed by atoms with E-state index in [4.69, 9.17) is 5.73 Å². The molecular formula is C5H7N3OS3. The first-order valence-corrected chi connectivity index (χ1v) is 6.03. The Morgan fingerprint density at radius 1 is 1.58 bits per heavy atom. The van der Waals surface area contributed by atoms with Gasteiger partial charge < -0.3 is 5.73 Å². The summed E-state index contributed by atoms with van der Waals surface area (Å²) in [6.45, 7) is 0. The lowest BCUT2D eigenvalue weighted by atomic mass is 10.8. The van der Waals surface area contributed by atoms with Crippen LogP contribution in [0, 0.1) is 0 Å². The summed E-state index contributed by atoms with van der Waals surface area (Å²) >= 11 is 4.33. The van der Waals surface area contributed by atoms with Crippen LogP contribution in [0.25, 0.3) is 0 Å². The number of nitrogens with two attached hydrogens (primary N) is 1. The molecule has 1 heterocycles. The molecule has 0 aliphatic carbocycles. The number of hydrogen-bond donors (Lipinski definition) is 1. The molecule has 0 radical (unpaired) electrons. The topological polar surface area (TPSA) is 68.9 Å². The molecule has 1 rings (SSSR count). The fourth-order valence-electron chi connectivity index (χ4n) is 0.471. The molecule has 4 nitrogen and oxygen atoms in total. The Balaban J connectivity index is 2.47. The molecule has 1 aromatic rings. The predicted molar refractivity (Wildman–Crippen MR) is 51.6 cm³/mol. The van der Waals surface area contributed by atoms with Crippen molar-refractivity contribution in [2.75, 3.05) is 12.0 Å². The van der Waals surface area contributed by atoms with E-state index in [0.717, 1.165) is 8.68 Å². The van der Waals surface area contributed by atoms with Gasteiger partial charge in [-0.2, -0.15) is 0 Å². The van der Waals surface area contributed by atoms with Gasteiger partial charge in [0.2, 0.25) is 5.91 Å². The van der Waals surface area contributed by atoms with Crippen molar-refractivity contribution in [3.63, 3.8) is 0 Å². The number of carbonyl (C=O) groups is 1. The molecule has 0 saturated heterocycles. The average Bonchev–Trinajstić information content (AvgIpc) is 2.48. The van der Waals surface area contributed by atoms with Crippen molar-refractivity contribution < 1.29 is 4.79 Å². The van der Waals surface area contributed by atoms with Gasteiger partial charge in [-0.3, -0.25) is 4.79 Å². The quantitative estimate of drug-likeness (QED) is 0.763. The zero-order chi connectivity index (χ0) is 8.97. The molecule has 1 aromatic heterocycles. The van der Waals surface area contributed by atoms with Crippen molar-refractivity contribution in [1.29, 1.82) is 0 Å². The SMILES string of the molecule is CSc1nnc(SCC(N)=O)s1. The minimum atomic E-state index is -0.332. The van der Waals surface area contributed by atoms with Crippen LogP contribution >= 0.6 is 34.9 Å². The van der Waals surface area contributed by atoms with Crippen molar-refractivity contribution in [3.05, 3.63) is 0 Å². The third-order valence-corrected chi connectivity index (χ3v) is 3.95. The number of aromatic nitrogens is 2. The van der Waals surface area contributed by atoms with Gasteiger partial charge in [-0.1, -0.05) is 34.9 Å². The van der Waals surface area contributed by atoms with Gasteiger partial charge in [0.15, 0.2) is 8.68 Å². The van der Waals surface area contributed by atoms with Gasteiger partial charge in [0.25, 0.3) is 0 Å². The first-order valence-electron chi connectivity index (χ1n) is 3.01. The van der Waals surface area contributed by atoms with Crippen LogP contribution < -0.4 is 5.73 Å². The molecule has 66 valence electrons. The Labute approximate surface area is 82.3 Å². The van der Waals surface area contributed by atoms with E-state index in [9.17, 15) is 4.79 Å². The van der Waals surface area contributed by atoms with Crippen molar-refractivity contribution in [3.8, 4) is 0 Å². The van der Waals surface area contributed by atoms with Gasteiger partial charge in [-0.15, -0.1) is 10.2 Å². The molecule has 0 unspecified atom stereocenters. The highest BCUT2D eigenvalue weighted by atomic mass is 32.2. The molecular weight excluding hydrogens is 214 g/mol. The van der Waals surface area contributed by atoms with E-state index in [1.807, 2.05) is 6.26 Å². The van der Waals surface area contributed by atoms with Crippen molar-refractivity contribution >= 4 is 40.8 Å². The predicted octanol–water partition coefficient (Wildman–Crippen LogP) is 0.837. The number of primary amides is 1. The molecule has 1 amide bonds. The Bertz CT molecular complexity index is 275. The summed E-state index contributed by atoms with van der Waals surface area (Å²) in [7, 11) is 0. The average molecular weight is 221 g/mol.